The second-order valence-electron chi connectivity index (χ2n) is 16.2. The molecule has 3 aromatic rings. The number of para-hydroxylation sites is 2. The van der Waals surface area contributed by atoms with Gasteiger partial charge in [-0.25, -0.2) is 8.42 Å². The van der Waals surface area contributed by atoms with Crippen molar-refractivity contribution in [1.82, 2.24) is 10.3 Å². The number of hydrogen-bond donors (Lipinski definition) is 1. The fourth-order valence-corrected chi connectivity index (χ4v) is 8.33. The molecule has 298 valence electrons. The molecular formula is C46H58N4O5S. The maximum Gasteiger partial charge on any atom is 0.252 e. The number of carbonyl (C=O) groups excluding carboxylic acids is 2. The zero-order valence-electron chi connectivity index (χ0n) is 34.1. The maximum absolute atomic E-state index is 13.1. The number of Topliss-reactive ketones (excluding diaryl/α,β-unsaturated/α-hetero) is 1. The molecule has 2 aliphatic rings. The number of pyridine rings is 1. The van der Waals surface area contributed by atoms with E-state index in [1.807, 2.05) is 44.2 Å². The summed E-state index contributed by atoms with van der Waals surface area (Å²) in [5, 5.41) is 2.99. The minimum Gasteiger partial charge on any atom is -0.748 e. The first-order valence-electron chi connectivity index (χ1n) is 20.0. The van der Waals surface area contributed by atoms with Crippen LogP contribution in [-0.4, -0.2) is 65.3 Å². The summed E-state index contributed by atoms with van der Waals surface area (Å²) in [5.74, 6) is -0.296. The van der Waals surface area contributed by atoms with Crippen LogP contribution in [0, 0.1) is 5.92 Å². The van der Waals surface area contributed by atoms with Gasteiger partial charge in [0.05, 0.1) is 26.8 Å². The molecular weight excluding hydrogens is 721 g/mol. The fourth-order valence-electron chi connectivity index (χ4n) is 7.84. The Hall–Kier alpha value is -4.67. The average molecular weight is 779 g/mol. The zero-order chi connectivity index (χ0) is 40.7. The second kappa shape index (κ2) is 18.1. The van der Waals surface area contributed by atoms with E-state index >= 15 is 0 Å². The summed E-state index contributed by atoms with van der Waals surface area (Å²) in [5.41, 5.74) is 8.12. The molecule has 0 saturated heterocycles. The van der Waals surface area contributed by atoms with Crippen molar-refractivity contribution in [2.75, 3.05) is 30.3 Å². The van der Waals surface area contributed by atoms with Crippen molar-refractivity contribution < 1.29 is 27.1 Å². The van der Waals surface area contributed by atoms with Gasteiger partial charge in [0.2, 0.25) is 5.69 Å². The van der Waals surface area contributed by atoms with Crippen molar-refractivity contribution in [2.24, 2.45) is 5.92 Å². The number of aromatic nitrogens is 1. The van der Waals surface area contributed by atoms with Crippen LogP contribution in [0.4, 0.5) is 11.4 Å². The predicted octanol–water partition coefficient (Wildman–Crippen LogP) is 8.64. The van der Waals surface area contributed by atoms with Gasteiger partial charge in [0.15, 0.2) is 5.71 Å². The van der Waals surface area contributed by atoms with Crippen molar-refractivity contribution in [1.29, 1.82) is 0 Å². The Morgan fingerprint density at radius 1 is 0.929 bits per heavy atom. The number of benzene rings is 2. The SMILES string of the molecule is CCC[N+]1=C(/C=C/C(=C/C=C2/N(CCCS(=O)(=O)[O-])c3ccccc3C2(C)C)c2ccc(C(=O)NCCCCCC(=O)C(C)C)cn2)C(C)(C)c2ccccc21. The van der Waals surface area contributed by atoms with E-state index in [-0.39, 0.29) is 29.4 Å². The minimum atomic E-state index is -4.35. The number of nitrogens with zero attached hydrogens (tertiary/aromatic N) is 3. The van der Waals surface area contributed by atoms with E-state index in [4.69, 9.17) is 4.98 Å². The van der Waals surface area contributed by atoms with Crippen molar-refractivity contribution in [3.8, 4) is 0 Å². The molecule has 0 saturated carbocycles. The van der Waals surface area contributed by atoms with Gasteiger partial charge in [-0.05, 0) is 69.0 Å². The monoisotopic (exact) mass is 778 g/mol. The van der Waals surface area contributed by atoms with E-state index in [2.05, 4.69) is 98.0 Å². The quantitative estimate of drug-likeness (QED) is 0.0594. The zero-order valence-corrected chi connectivity index (χ0v) is 34.9. The Bertz CT molecular complexity index is 2140. The van der Waals surface area contributed by atoms with Crippen molar-refractivity contribution >= 4 is 44.5 Å². The molecule has 3 heterocycles. The normalized spacial score (nSPS) is 16.9. The summed E-state index contributed by atoms with van der Waals surface area (Å²) in [4.78, 5) is 31.9. The maximum atomic E-state index is 13.1. The van der Waals surface area contributed by atoms with E-state index in [0.29, 0.717) is 30.8 Å². The van der Waals surface area contributed by atoms with Crippen molar-refractivity contribution in [3.63, 3.8) is 0 Å². The highest BCUT2D eigenvalue weighted by atomic mass is 32.2. The minimum absolute atomic E-state index is 0.0544. The van der Waals surface area contributed by atoms with Gasteiger partial charge in [-0.3, -0.25) is 14.6 Å². The first-order chi connectivity index (χ1) is 26.6. The fraction of sp³-hybridized carbons (Fsp3) is 0.435. The summed E-state index contributed by atoms with van der Waals surface area (Å²) >= 11 is 0. The highest BCUT2D eigenvalue weighted by Crippen LogP contribution is 2.48. The molecule has 1 aromatic heterocycles. The van der Waals surface area contributed by atoms with Gasteiger partial charge in [-0.1, -0.05) is 83.5 Å². The molecule has 0 atom stereocenters. The summed E-state index contributed by atoms with van der Waals surface area (Å²) in [6.45, 7) is 16.6. The second-order valence-corrected chi connectivity index (χ2v) is 17.7. The number of nitrogens with one attached hydrogen (secondary N) is 1. The molecule has 0 spiro atoms. The van der Waals surface area contributed by atoms with Crippen molar-refractivity contribution in [3.05, 3.63) is 119 Å². The number of anilines is 1. The number of rotatable bonds is 18. The Kier molecular flexibility index (Phi) is 13.7. The highest BCUT2D eigenvalue weighted by molar-refractivity contribution is 7.85. The molecule has 5 rings (SSSR count). The topological polar surface area (TPSA) is 123 Å². The summed E-state index contributed by atoms with van der Waals surface area (Å²) in [7, 11) is -4.35. The van der Waals surface area contributed by atoms with Crippen molar-refractivity contribution in [2.45, 2.75) is 97.8 Å². The molecule has 2 aromatic carbocycles. The largest absolute Gasteiger partial charge is 0.748 e. The first kappa shape index (κ1) is 42.5. The molecule has 0 unspecified atom stereocenters. The van der Waals surface area contributed by atoms with Gasteiger partial charge in [-0.2, -0.15) is 4.58 Å². The van der Waals surface area contributed by atoms with E-state index in [1.165, 1.54) is 17.0 Å². The van der Waals surface area contributed by atoms with Crippen LogP contribution in [0.2, 0.25) is 0 Å². The lowest BCUT2D eigenvalue weighted by atomic mass is 9.81. The predicted molar refractivity (Wildman–Crippen MR) is 226 cm³/mol. The Labute approximate surface area is 334 Å². The first-order valence-corrected chi connectivity index (χ1v) is 21.6. The summed E-state index contributed by atoms with van der Waals surface area (Å²) in [6.07, 6.45) is 14.3. The van der Waals surface area contributed by atoms with Gasteiger partial charge in [0.25, 0.3) is 5.91 Å². The van der Waals surface area contributed by atoms with E-state index in [1.54, 1.807) is 12.3 Å². The van der Waals surface area contributed by atoms with Gasteiger partial charge < -0.3 is 14.8 Å². The van der Waals surface area contributed by atoms with Crippen LogP contribution < -0.4 is 10.2 Å². The van der Waals surface area contributed by atoms with Crippen LogP contribution in [0.1, 0.15) is 114 Å². The molecule has 0 radical (unpaired) electrons. The number of ketones is 1. The standard InChI is InChI=1S/C46H58N4O5S/c1-8-29-49-39-19-13-11-17-36(39)45(4,5)42(49)26-23-34(38-25-22-35(32-48-38)44(52)47-28-15-9-10-21-41(51)33(2)3)24-27-43-46(6,7)37-18-12-14-20-40(37)50(43)30-16-31-56(53,54)55/h11-14,17-20,22-27,32-33H,8-10,15-16,21,28-31H2,1-7H3,(H-,47,52,53,54,55). The third-order valence-electron chi connectivity index (χ3n) is 11.0. The molecule has 1 N–H and O–H groups in total. The Morgan fingerprint density at radius 3 is 2.32 bits per heavy atom. The van der Waals surface area contributed by atoms with Crippen LogP contribution >= 0.6 is 0 Å². The van der Waals surface area contributed by atoms with Gasteiger partial charge >= 0.3 is 0 Å². The van der Waals surface area contributed by atoms with Gasteiger partial charge in [0, 0.05) is 83.9 Å². The average Bonchev–Trinajstić information content (AvgIpc) is 3.50. The number of allylic oxidation sites excluding steroid dienone is 6. The number of unbranched alkanes of at least 4 members (excludes halogenated alkanes) is 2. The van der Waals surface area contributed by atoms with Crippen LogP contribution in [0.3, 0.4) is 0 Å². The summed E-state index contributed by atoms with van der Waals surface area (Å²) < 4.78 is 37.0. The molecule has 9 nitrogen and oxygen atoms in total. The Morgan fingerprint density at radius 2 is 1.64 bits per heavy atom. The lowest BCUT2D eigenvalue weighted by molar-refractivity contribution is -0.437. The molecule has 0 bridgehead atoms. The molecule has 2 aliphatic heterocycles. The Balaban J connectivity index is 1.48. The lowest BCUT2D eigenvalue weighted by Crippen LogP contribution is -2.28. The molecule has 1 amide bonds. The van der Waals surface area contributed by atoms with E-state index < -0.39 is 21.3 Å². The van der Waals surface area contributed by atoms with Crippen LogP contribution in [-0.2, 0) is 25.7 Å². The smallest absolute Gasteiger partial charge is 0.252 e. The van der Waals surface area contributed by atoms with E-state index in [0.717, 1.165) is 54.7 Å². The van der Waals surface area contributed by atoms with E-state index in [9.17, 15) is 22.6 Å². The molecule has 56 heavy (non-hydrogen) atoms. The molecule has 10 heteroatoms. The number of amides is 1. The highest BCUT2D eigenvalue weighted by Gasteiger charge is 2.44. The van der Waals surface area contributed by atoms with Crippen LogP contribution in [0.15, 0.2) is 96.9 Å². The van der Waals surface area contributed by atoms with Gasteiger partial charge in [-0.15, -0.1) is 0 Å². The molecule has 0 aliphatic carbocycles. The number of carbonyl (C=O) groups is 2. The summed E-state index contributed by atoms with van der Waals surface area (Å²) in [6, 6.07) is 20.3. The van der Waals surface area contributed by atoms with Crippen LogP contribution in [0.5, 0.6) is 0 Å². The number of fused-ring (bicyclic) bond motifs is 2. The number of hydrogen-bond acceptors (Lipinski definition) is 7. The third kappa shape index (κ3) is 9.82. The molecule has 0 fully saturated rings. The third-order valence-corrected chi connectivity index (χ3v) is 11.8. The van der Waals surface area contributed by atoms with Gasteiger partial charge in [0.1, 0.15) is 12.3 Å². The lowest BCUT2D eigenvalue weighted by Gasteiger charge is -2.27. The van der Waals surface area contributed by atoms with Crippen LogP contribution in [0.25, 0.3) is 5.57 Å².